The Morgan fingerprint density at radius 2 is 2.11 bits per heavy atom. The highest BCUT2D eigenvalue weighted by molar-refractivity contribution is 5.80. The molecule has 0 aliphatic heterocycles. The third-order valence-corrected chi connectivity index (χ3v) is 5.56. The number of aromatic nitrogens is 1. The van der Waals surface area contributed by atoms with Crippen molar-refractivity contribution in [2.75, 3.05) is 11.9 Å². The molecule has 0 unspecified atom stereocenters. The summed E-state index contributed by atoms with van der Waals surface area (Å²) in [4.78, 5) is 16.5. The smallest absolute Gasteiger partial charge is 0.376 e. The van der Waals surface area contributed by atoms with Crippen LogP contribution in [0.15, 0.2) is 18.3 Å². The number of nitrogens with one attached hydrogen (secondary N) is 2. The Morgan fingerprint density at radius 3 is 2.75 bits per heavy atom. The Kier molecular flexibility index (Phi) is 6.17. The van der Waals surface area contributed by atoms with E-state index in [9.17, 15) is 18.0 Å². The van der Waals surface area contributed by atoms with Crippen molar-refractivity contribution in [3.05, 3.63) is 23.9 Å². The van der Waals surface area contributed by atoms with Crippen LogP contribution in [0.4, 0.5) is 19.0 Å². The molecule has 0 radical (unpaired) electrons. The molecular formula is C20H28F3N3O2. The predicted molar refractivity (Wildman–Crippen MR) is 99.8 cm³/mol. The first-order chi connectivity index (χ1) is 13.2. The quantitative estimate of drug-likeness (QED) is 0.723. The Bertz CT molecular complexity index is 692. The molecular weight excluding hydrogens is 371 g/mol. The van der Waals surface area contributed by atoms with Crippen molar-refractivity contribution < 1.29 is 22.7 Å². The average molecular weight is 399 g/mol. The maximum absolute atomic E-state index is 13.3. The van der Waals surface area contributed by atoms with E-state index in [1.165, 1.54) is 12.3 Å². The number of anilines is 1. The van der Waals surface area contributed by atoms with Crippen LogP contribution in [0.1, 0.15) is 57.9 Å². The molecule has 8 heteroatoms. The summed E-state index contributed by atoms with van der Waals surface area (Å²) in [7, 11) is 0. The fourth-order valence-corrected chi connectivity index (χ4v) is 3.62. The second-order valence-corrected chi connectivity index (χ2v) is 8.12. The van der Waals surface area contributed by atoms with E-state index in [1.54, 1.807) is 0 Å². The normalized spacial score (nSPS) is 26.5. The van der Waals surface area contributed by atoms with Gasteiger partial charge >= 0.3 is 6.18 Å². The van der Waals surface area contributed by atoms with Crippen LogP contribution in [0.5, 0.6) is 0 Å². The number of pyridine rings is 1. The maximum atomic E-state index is 13.3. The van der Waals surface area contributed by atoms with Gasteiger partial charge in [-0.2, -0.15) is 13.2 Å². The van der Waals surface area contributed by atoms with Crippen molar-refractivity contribution >= 4 is 11.7 Å². The lowest BCUT2D eigenvalue weighted by atomic mass is 9.83. The van der Waals surface area contributed by atoms with Crippen molar-refractivity contribution in [2.45, 2.75) is 76.2 Å². The molecule has 3 atom stereocenters. The van der Waals surface area contributed by atoms with E-state index >= 15 is 0 Å². The number of carbonyl (C=O) groups excluding carboxylic acids is 1. The van der Waals surface area contributed by atoms with E-state index in [2.05, 4.69) is 15.6 Å². The summed E-state index contributed by atoms with van der Waals surface area (Å²) in [6.45, 7) is 4.51. The molecule has 2 saturated carbocycles. The van der Waals surface area contributed by atoms with Crippen molar-refractivity contribution in [3.63, 3.8) is 0 Å². The zero-order valence-electron chi connectivity index (χ0n) is 16.3. The number of amides is 1. The number of ether oxygens (including phenoxy) is 1. The zero-order valence-corrected chi connectivity index (χ0v) is 16.3. The summed E-state index contributed by atoms with van der Waals surface area (Å²) >= 11 is 0. The Labute approximate surface area is 163 Å². The number of alkyl halides is 3. The van der Waals surface area contributed by atoms with Gasteiger partial charge in [0.05, 0.1) is 17.7 Å². The van der Waals surface area contributed by atoms with Crippen LogP contribution in [-0.2, 0) is 15.7 Å². The molecule has 5 nitrogen and oxygen atoms in total. The first-order valence-corrected chi connectivity index (χ1v) is 9.94. The van der Waals surface area contributed by atoms with E-state index in [-0.39, 0.29) is 35.3 Å². The number of hydrogen-bond donors (Lipinski definition) is 2. The minimum atomic E-state index is -4.48. The largest absolute Gasteiger partial charge is 0.419 e. The van der Waals surface area contributed by atoms with Gasteiger partial charge in [0.25, 0.3) is 0 Å². The van der Waals surface area contributed by atoms with Gasteiger partial charge in [0, 0.05) is 24.3 Å². The number of carbonyl (C=O) groups is 1. The van der Waals surface area contributed by atoms with E-state index in [4.69, 9.17) is 4.74 Å². The van der Waals surface area contributed by atoms with Gasteiger partial charge in [0.15, 0.2) is 0 Å². The topological polar surface area (TPSA) is 63.2 Å². The van der Waals surface area contributed by atoms with Crippen LogP contribution in [0, 0.1) is 5.92 Å². The van der Waals surface area contributed by atoms with Crippen molar-refractivity contribution in [3.8, 4) is 0 Å². The van der Waals surface area contributed by atoms with Crippen molar-refractivity contribution in [1.29, 1.82) is 0 Å². The second kappa shape index (κ2) is 8.27. The van der Waals surface area contributed by atoms with Crippen LogP contribution in [-0.4, -0.2) is 35.2 Å². The van der Waals surface area contributed by atoms with Gasteiger partial charge in [-0.3, -0.25) is 4.79 Å². The lowest BCUT2D eigenvalue weighted by molar-refractivity contribution is -0.137. The molecule has 2 aliphatic rings. The molecule has 3 rings (SSSR count). The standard InChI is InChI=1S/C20H28F3N3O2/c1-3-11-28-16-12-13(18(27)26-19(2)8-9-19)6-7-15(16)25-17-14(20(21,22)23)5-4-10-24-17/h4-5,10,13,15-16H,3,6-9,11-12H2,1-2H3,(H,24,25)(H,26,27)/t13-,15+,16+/m0/s1. The lowest BCUT2D eigenvalue weighted by Gasteiger charge is -2.37. The fraction of sp³-hybridized carbons (Fsp3) is 0.700. The maximum Gasteiger partial charge on any atom is 0.419 e. The van der Waals surface area contributed by atoms with Gasteiger partial charge in [0.1, 0.15) is 5.82 Å². The molecule has 2 N–H and O–H groups in total. The Morgan fingerprint density at radius 1 is 1.36 bits per heavy atom. The molecule has 0 aromatic carbocycles. The van der Waals surface area contributed by atoms with E-state index in [0.29, 0.717) is 25.9 Å². The molecule has 2 fully saturated rings. The third-order valence-electron chi connectivity index (χ3n) is 5.56. The molecule has 1 heterocycles. The number of halogens is 3. The average Bonchev–Trinajstić information content (AvgIpc) is 3.37. The molecule has 156 valence electrons. The van der Waals surface area contributed by atoms with Gasteiger partial charge in [0.2, 0.25) is 5.91 Å². The molecule has 2 aliphatic carbocycles. The van der Waals surface area contributed by atoms with E-state index in [0.717, 1.165) is 25.3 Å². The monoisotopic (exact) mass is 399 g/mol. The van der Waals surface area contributed by atoms with Crippen LogP contribution in [0.25, 0.3) is 0 Å². The summed E-state index contributed by atoms with van der Waals surface area (Å²) in [5.41, 5.74) is -0.868. The summed E-state index contributed by atoms with van der Waals surface area (Å²) < 4.78 is 45.7. The van der Waals surface area contributed by atoms with Gasteiger partial charge < -0.3 is 15.4 Å². The fourth-order valence-electron chi connectivity index (χ4n) is 3.62. The van der Waals surface area contributed by atoms with Crippen LogP contribution >= 0.6 is 0 Å². The second-order valence-electron chi connectivity index (χ2n) is 8.12. The van der Waals surface area contributed by atoms with Crippen LogP contribution in [0.3, 0.4) is 0 Å². The first-order valence-electron chi connectivity index (χ1n) is 9.94. The number of rotatable bonds is 7. The third kappa shape index (κ3) is 5.16. The predicted octanol–water partition coefficient (Wildman–Crippen LogP) is 4.14. The molecule has 1 aromatic rings. The van der Waals surface area contributed by atoms with Gasteiger partial charge in [-0.1, -0.05) is 6.92 Å². The molecule has 1 amide bonds. The Hall–Kier alpha value is -1.83. The summed E-state index contributed by atoms with van der Waals surface area (Å²) in [6.07, 6.45) is 0.971. The molecule has 0 saturated heterocycles. The minimum Gasteiger partial charge on any atom is -0.376 e. The van der Waals surface area contributed by atoms with Crippen LogP contribution < -0.4 is 10.6 Å². The van der Waals surface area contributed by atoms with Crippen LogP contribution in [0.2, 0.25) is 0 Å². The van der Waals surface area contributed by atoms with E-state index in [1.807, 2.05) is 13.8 Å². The molecule has 28 heavy (non-hydrogen) atoms. The van der Waals surface area contributed by atoms with Gasteiger partial charge in [-0.25, -0.2) is 4.98 Å². The highest BCUT2D eigenvalue weighted by atomic mass is 19.4. The minimum absolute atomic E-state index is 0.0253. The molecule has 0 bridgehead atoms. The van der Waals surface area contributed by atoms with Crippen molar-refractivity contribution in [1.82, 2.24) is 10.3 Å². The molecule has 1 aromatic heterocycles. The molecule has 0 spiro atoms. The Balaban J connectivity index is 1.70. The summed E-state index contributed by atoms with van der Waals surface area (Å²) in [5, 5.41) is 6.04. The highest BCUT2D eigenvalue weighted by Crippen LogP contribution is 2.37. The van der Waals surface area contributed by atoms with Crippen molar-refractivity contribution in [2.24, 2.45) is 5.92 Å². The zero-order chi connectivity index (χ0) is 20.4. The van der Waals surface area contributed by atoms with Gasteiger partial charge in [-0.15, -0.1) is 0 Å². The number of hydrogen-bond acceptors (Lipinski definition) is 4. The lowest BCUT2D eigenvalue weighted by Crippen LogP contribution is -2.47. The summed E-state index contributed by atoms with van der Waals surface area (Å²) in [5.74, 6) is -0.334. The first kappa shape index (κ1) is 20.9. The summed E-state index contributed by atoms with van der Waals surface area (Å²) in [6, 6.07) is 1.98. The van der Waals surface area contributed by atoms with Gasteiger partial charge in [-0.05, 0) is 57.6 Å². The highest BCUT2D eigenvalue weighted by Gasteiger charge is 2.42. The van der Waals surface area contributed by atoms with E-state index < -0.39 is 11.7 Å². The number of nitrogens with zero attached hydrogens (tertiary/aromatic N) is 1. The SMILES string of the molecule is CCCO[C@@H]1C[C@@H](C(=O)NC2(C)CC2)CC[C@H]1Nc1ncccc1C(F)(F)F.